The van der Waals surface area contributed by atoms with Gasteiger partial charge >= 0.3 is 0 Å². The van der Waals surface area contributed by atoms with Gasteiger partial charge in [0.05, 0.1) is 24.3 Å². The van der Waals surface area contributed by atoms with Crippen molar-refractivity contribution in [1.82, 2.24) is 14.8 Å². The fourth-order valence-corrected chi connectivity index (χ4v) is 4.27. The summed E-state index contributed by atoms with van der Waals surface area (Å²) in [5.74, 6) is -0.174. The number of likely N-dealkylation sites (N-methyl/N-ethyl adjacent to an activating group) is 1. The van der Waals surface area contributed by atoms with Gasteiger partial charge in [-0.3, -0.25) is 19.2 Å². The molecule has 0 bridgehead atoms. The van der Waals surface area contributed by atoms with Gasteiger partial charge in [-0.1, -0.05) is 26.0 Å². The monoisotopic (exact) mass is 467 g/mol. The van der Waals surface area contributed by atoms with Crippen molar-refractivity contribution in [3.63, 3.8) is 0 Å². The maximum Gasteiger partial charge on any atom is 0.238 e. The predicted molar refractivity (Wildman–Crippen MR) is 130 cm³/mol. The molecule has 4 rings (SSSR count). The highest BCUT2D eigenvalue weighted by atomic mass is 16.2. The second kappa shape index (κ2) is 9.40. The van der Waals surface area contributed by atoms with Gasteiger partial charge in [-0.05, 0) is 35.6 Å². The number of carbonyl (C=O) groups excluding carboxylic acids is 2. The summed E-state index contributed by atoms with van der Waals surface area (Å²) in [4.78, 5) is 30.5. The number of anilines is 2. The van der Waals surface area contributed by atoms with Gasteiger partial charge in [0.15, 0.2) is 0 Å². The number of nitrogens with zero attached hydrogens (tertiary/aromatic N) is 6. The molecule has 1 aromatic carbocycles. The first-order chi connectivity index (χ1) is 16.7. The zero-order valence-electron chi connectivity index (χ0n) is 19.9. The van der Waals surface area contributed by atoms with E-state index in [9.17, 15) is 14.9 Å². The Morgan fingerprint density at radius 1 is 1.20 bits per heavy atom. The lowest BCUT2D eigenvalue weighted by Crippen LogP contribution is -2.28. The molecular formula is C26H25N7O2. The SMILES string of the molecule is CN(C(=O)Cc1cccc(NC(=O)CC#N)c1)c1cc(-c2cnn3c2CC(C)(C)C3)c(C#N)cn1. The van der Waals surface area contributed by atoms with Crippen LogP contribution in [-0.2, 0) is 29.0 Å². The maximum absolute atomic E-state index is 13.0. The van der Waals surface area contributed by atoms with Crippen molar-refractivity contribution in [2.45, 2.75) is 39.7 Å². The first-order valence-corrected chi connectivity index (χ1v) is 11.2. The number of hydrogen-bond acceptors (Lipinski definition) is 6. The molecule has 9 heteroatoms. The Hall–Kier alpha value is -4.50. The number of nitriles is 2. The third-order valence-electron chi connectivity index (χ3n) is 6.00. The Bertz CT molecular complexity index is 1390. The van der Waals surface area contributed by atoms with E-state index in [1.165, 1.54) is 11.1 Å². The van der Waals surface area contributed by atoms with Gasteiger partial charge in [0.1, 0.15) is 18.3 Å². The van der Waals surface area contributed by atoms with Crippen molar-refractivity contribution in [2.24, 2.45) is 5.41 Å². The van der Waals surface area contributed by atoms with E-state index in [0.29, 0.717) is 28.2 Å². The van der Waals surface area contributed by atoms with Crippen LogP contribution in [-0.4, -0.2) is 33.6 Å². The molecule has 3 aromatic rings. The number of aromatic nitrogens is 3. The molecule has 1 aliphatic heterocycles. The number of pyridine rings is 1. The predicted octanol–water partition coefficient (Wildman–Crippen LogP) is 3.46. The van der Waals surface area contributed by atoms with Gasteiger partial charge in [-0.2, -0.15) is 15.6 Å². The number of carbonyl (C=O) groups is 2. The number of nitrogens with one attached hydrogen (secondary N) is 1. The van der Waals surface area contributed by atoms with Crippen LogP contribution < -0.4 is 10.2 Å². The molecule has 0 spiro atoms. The number of hydrogen-bond donors (Lipinski definition) is 1. The lowest BCUT2D eigenvalue weighted by atomic mass is 9.89. The van der Waals surface area contributed by atoms with Crippen LogP contribution in [0.2, 0.25) is 0 Å². The Morgan fingerprint density at radius 2 is 2.00 bits per heavy atom. The molecule has 0 radical (unpaired) electrons. The molecule has 0 saturated carbocycles. The molecule has 3 heterocycles. The third-order valence-corrected chi connectivity index (χ3v) is 6.00. The van der Waals surface area contributed by atoms with Crippen molar-refractivity contribution >= 4 is 23.3 Å². The number of fused-ring (bicyclic) bond motifs is 1. The molecule has 2 aromatic heterocycles. The summed E-state index contributed by atoms with van der Waals surface area (Å²) in [6.45, 7) is 5.19. The fourth-order valence-electron chi connectivity index (χ4n) is 4.27. The molecule has 0 saturated heterocycles. The van der Waals surface area contributed by atoms with Gasteiger partial charge in [-0.25, -0.2) is 4.98 Å². The largest absolute Gasteiger partial charge is 0.325 e. The number of benzene rings is 1. The summed E-state index contributed by atoms with van der Waals surface area (Å²) >= 11 is 0. The molecule has 0 unspecified atom stereocenters. The lowest BCUT2D eigenvalue weighted by molar-refractivity contribution is -0.117. The van der Waals surface area contributed by atoms with Crippen LogP contribution in [0.15, 0.2) is 42.7 Å². The standard InChI is InChI=1S/C26H25N7O2/c1-26(2)12-22-21(15-30-33(22)16-26)20-11-23(29-14-18(20)13-28)32(3)25(35)10-17-5-4-6-19(9-17)31-24(34)7-8-27/h4-6,9,11,14-15H,7,10,12,16H2,1-3H3,(H,31,34). The van der Waals surface area contributed by atoms with Crippen LogP contribution in [0.3, 0.4) is 0 Å². The first kappa shape index (κ1) is 23.7. The molecule has 35 heavy (non-hydrogen) atoms. The molecule has 1 N–H and O–H groups in total. The van der Waals surface area contributed by atoms with E-state index in [1.807, 2.05) is 4.68 Å². The molecule has 1 aliphatic rings. The number of rotatable bonds is 6. The van der Waals surface area contributed by atoms with Crippen LogP contribution in [0.5, 0.6) is 0 Å². The highest BCUT2D eigenvalue weighted by Crippen LogP contribution is 2.38. The Labute approximate surface area is 203 Å². The van der Waals surface area contributed by atoms with Gasteiger partial charge in [0.25, 0.3) is 0 Å². The molecule has 9 nitrogen and oxygen atoms in total. The minimum absolute atomic E-state index is 0.0901. The highest BCUT2D eigenvalue weighted by Gasteiger charge is 2.32. The normalized spacial score (nSPS) is 13.4. The second-order valence-corrected chi connectivity index (χ2v) is 9.42. The van der Waals surface area contributed by atoms with E-state index in [1.54, 1.807) is 49.6 Å². The van der Waals surface area contributed by atoms with Crippen molar-refractivity contribution in [3.8, 4) is 23.3 Å². The van der Waals surface area contributed by atoms with Crippen molar-refractivity contribution in [1.29, 1.82) is 10.5 Å². The summed E-state index contributed by atoms with van der Waals surface area (Å²) in [7, 11) is 1.64. The van der Waals surface area contributed by atoms with Gasteiger partial charge < -0.3 is 5.32 Å². The van der Waals surface area contributed by atoms with Gasteiger partial charge in [0, 0.05) is 42.3 Å². The van der Waals surface area contributed by atoms with Crippen molar-refractivity contribution in [3.05, 3.63) is 59.5 Å². The van der Waals surface area contributed by atoms with Crippen LogP contribution in [0.25, 0.3) is 11.1 Å². The Kier molecular flexibility index (Phi) is 6.35. The molecule has 0 aliphatic carbocycles. The molecule has 176 valence electrons. The summed E-state index contributed by atoms with van der Waals surface area (Å²) in [5.41, 5.74) is 4.42. The minimum Gasteiger partial charge on any atom is -0.325 e. The van der Waals surface area contributed by atoms with Crippen LogP contribution >= 0.6 is 0 Å². The van der Waals surface area contributed by atoms with E-state index in [0.717, 1.165) is 24.2 Å². The van der Waals surface area contributed by atoms with E-state index in [4.69, 9.17) is 5.26 Å². The highest BCUT2D eigenvalue weighted by molar-refractivity contribution is 5.95. The Morgan fingerprint density at radius 3 is 2.74 bits per heavy atom. The molecule has 0 fully saturated rings. The molecule has 0 atom stereocenters. The van der Waals surface area contributed by atoms with Crippen molar-refractivity contribution < 1.29 is 9.59 Å². The summed E-state index contributed by atoms with van der Waals surface area (Å²) < 4.78 is 1.98. The third kappa shape index (κ3) is 5.04. The average molecular weight is 468 g/mol. The van der Waals surface area contributed by atoms with E-state index < -0.39 is 5.91 Å². The topological polar surface area (TPSA) is 128 Å². The van der Waals surface area contributed by atoms with Gasteiger partial charge in [-0.15, -0.1) is 0 Å². The molecule has 2 amide bonds. The second-order valence-electron chi connectivity index (χ2n) is 9.42. The summed E-state index contributed by atoms with van der Waals surface area (Å²) in [6.07, 6.45) is 3.97. The summed E-state index contributed by atoms with van der Waals surface area (Å²) in [5, 5.41) is 25.5. The quantitative estimate of drug-likeness (QED) is 0.591. The minimum atomic E-state index is -0.405. The van der Waals surface area contributed by atoms with E-state index in [2.05, 4.69) is 35.3 Å². The van der Waals surface area contributed by atoms with Crippen LogP contribution in [0, 0.1) is 28.1 Å². The maximum atomic E-state index is 13.0. The number of amides is 2. The zero-order chi connectivity index (χ0) is 25.2. The average Bonchev–Trinajstić information content (AvgIpc) is 3.33. The summed E-state index contributed by atoms with van der Waals surface area (Å²) in [6, 6.07) is 12.7. The van der Waals surface area contributed by atoms with E-state index >= 15 is 0 Å². The Balaban J connectivity index is 1.56. The van der Waals surface area contributed by atoms with Crippen LogP contribution in [0.4, 0.5) is 11.5 Å². The molecular weight excluding hydrogens is 442 g/mol. The fraction of sp³-hybridized carbons (Fsp3) is 0.308. The van der Waals surface area contributed by atoms with E-state index in [-0.39, 0.29) is 24.2 Å². The van der Waals surface area contributed by atoms with Crippen molar-refractivity contribution in [2.75, 3.05) is 17.3 Å². The van der Waals surface area contributed by atoms with Crippen LogP contribution in [0.1, 0.15) is 37.1 Å². The lowest BCUT2D eigenvalue weighted by Gasteiger charge is -2.18. The zero-order valence-corrected chi connectivity index (χ0v) is 19.9. The first-order valence-electron chi connectivity index (χ1n) is 11.2. The van der Waals surface area contributed by atoms with Gasteiger partial charge in [0.2, 0.25) is 11.8 Å². The smallest absolute Gasteiger partial charge is 0.238 e.